The lowest BCUT2D eigenvalue weighted by atomic mass is 10.2. The molecule has 2 aromatic carbocycles. The number of aromatic nitrogens is 1. The van der Waals surface area contributed by atoms with Gasteiger partial charge in [-0.05, 0) is 36.4 Å². The molecule has 0 spiro atoms. The van der Waals surface area contributed by atoms with Crippen LogP contribution in [0.25, 0.3) is 10.2 Å². The number of hydrogen-bond acceptors (Lipinski definition) is 4. The van der Waals surface area contributed by atoms with Crippen LogP contribution in [0.4, 0.5) is 5.13 Å². The molecule has 0 saturated heterocycles. The number of thiazole rings is 1. The van der Waals surface area contributed by atoms with Gasteiger partial charge in [-0.25, -0.2) is 4.98 Å². The molecule has 1 aromatic heterocycles. The number of carbonyl (C=O) groups is 1. The summed E-state index contributed by atoms with van der Waals surface area (Å²) in [5.41, 5.74) is 1.50. The number of ether oxygens (including phenoxy) is 1. The molecule has 0 unspecified atom stereocenters. The second-order valence-corrected chi connectivity index (χ2v) is 5.96. The van der Waals surface area contributed by atoms with E-state index in [4.69, 9.17) is 4.74 Å². The molecule has 0 atom stereocenters. The van der Waals surface area contributed by atoms with Gasteiger partial charge in [0.25, 0.3) is 5.91 Å². The van der Waals surface area contributed by atoms with Crippen LogP contribution in [0.5, 0.6) is 5.75 Å². The van der Waals surface area contributed by atoms with Crippen molar-refractivity contribution in [2.24, 2.45) is 0 Å². The van der Waals surface area contributed by atoms with Crippen LogP contribution in [0.1, 0.15) is 10.4 Å². The lowest BCUT2D eigenvalue weighted by Gasteiger charge is -2.14. The highest BCUT2D eigenvalue weighted by Crippen LogP contribution is 2.28. The first-order valence-corrected chi connectivity index (χ1v) is 7.98. The Morgan fingerprint density at radius 1 is 1.26 bits per heavy atom. The minimum atomic E-state index is -0.0978. The Bertz CT molecular complexity index is 807. The van der Waals surface area contributed by atoms with Crippen molar-refractivity contribution in [3.8, 4) is 5.75 Å². The van der Waals surface area contributed by atoms with Crippen molar-refractivity contribution in [3.05, 3.63) is 66.7 Å². The number of para-hydroxylation sites is 1. The van der Waals surface area contributed by atoms with Crippen LogP contribution in [0.2, 0.25) is 0 Å². The number of amides is 1. The maximum absolute atomic E-state index is 12.6. The maximum Gasteiger partial charge on any atom is 0.259 e. The molecule has 116 valence electrons. The SMILES string of the molecule is C=CCOc1ccc(C(=O)N(C)c2nc3ccccc3s2)cc1. The first-order valence-electron chi connectivity index (χ1n) is 7.16. The molecule has 0 bridgehead atoms. The van der Waals surface area contributed by atoms with E-state index in [1.165, 1.54) is 11.3 Å². The van der Waals surface area contributed by atoms with E-state index in [1.807, 2.05) is 24.3 Å². The van der Waals surface area contributed by atoms with Crippen LogP contribution in [0.15, 0.2) is 61.2 Å². The third-order valence-electron chi connectivity index (χ3n) is 3.34. The van der Waals surface area contributed by atoms with E-state index in [1.54, 1.807) is 42.3 Å². The van der Waals surface area contributed by atoms with Gasteiger partial charge >= 0.3 is 0 Å². The molecule has 0 saturated carbocycles. The minimum Gasteiger partial charge on any atom is -0.490 e. The number of nitrogens with zero attached hydrogens (tertiary/aromatic N) is 2. The first kappa shape index (κ1) is 15.2. The summed E-state index contributed by atoms with van der Waals surface area (Å²) < 4.78 is 6.49. The topological polar surface area (TPSA) is 42.4 Å². The highest BCUT2D eigenvalue weighted by Gasteiger charge is 2.17. The monoisotopic (exact) mass is 324 g/mol. The summed E-state index contributed by atoms with van der Waals surface area (Å²) in [5, 5.41) is 0.684. The quantitative estimate of drug-likeness (QED) is 0.663. The maximum atomic E-state index is 12.6. The van der Waals surface area contributed by atoms with E-state index >= 15 is 0 Å². The lowest BCUT2D eigenvalue weighted by molar-refractivity contribution is 0.0993. The summed E-state index contributed by atoms with van der Waals surface area (Å²) in [6, 6.07) is 14.9. The predicted molar refractivity (Wildman–Crippen MR) is 94.5 cm³/mol. The molecule has 0 aliphatic heterocycles. The summed E-state index contributed by atoms with van der Waals surface area (Å²) in [6.45, 7) is 4.05. The summed E-state index contributed by atoms with van der Waals surface area (Å²) >= 11 is 1.50. The molecule has 1 amide bonds. The van der Waals surface area contributed by atoms with Gasteiger partial charge in [0.05, 0.1) is 10.2 Å². The molecule has 0 aliphatic rings. The molecule has 0 fully saturated rings. The highest BCUT2D eigenvalue weighted by molar-refractivity contribution is 7.22. The summed E-state index contributed by atoms with van der Waals surface area (Å²) in [6.07, 6.45) is 1.68. The van der Waals surface area contributed by atoms with Crippen LogP contribution in [0, 0.1) is 0 Å². The van der Waals surface area contributed by atoms with Gasteiger partial charge in [0.15, 0.2) is 5.13 Å². The van der Waals surface area contributed by atoms with Crippen molar-refractivity contribution in [2.75, 3.05) is 18.6 Å². The Labute approximate surface area is 138 Å². The van der Waals surface area contributed by atoms with E-state index in [-0.39, 0.29) is 5.91 Å². The van der Waals surface area contributed by atoms with Gasteiger partial charge in [0.2, 0.25) is 0 Å². The van der Waals surface area contributed by atoms with Gasteiger partial charge in [-0.1, -0.05) is 36.1 Å². The van der Waals surface area contributed by atoms with Crippen molar-refractivity contribution < 1.29 is 9.53 Å². The Balaban J connectivity index is 1.79. The molecule has 4 nitrogen and oxygen atoms in total. The molecule has 0 radical (unpaired) electrons. The first-order chi connectivity index (χ1) is 11.2. The third kappa shape index (κ3) is 3.24. The normalized spacial score (nSPS) is 10.5. The zero-order valence-corrected chi connectivity index (χ0v) is 13.5. The second-order valence-electron chi connectivity index (χ2n) is 4.95. The standard InChI is InChI=1S/C18H16N2O2S/c1-3-12-22-14-10-8-13(9-11-14)17(21)20(2)18-19-15-6-4-5-7-16(15)23-18/h3-11H,1,12H2,2H3. The number of fused-ring (bicyclic) bond motifs is 1. The Morgan fingerprint density at radius 2 is 2.00 bits per heavy atom. The molecular formula is C18H16N2O2S. The van der Waals surface area contributed by atoms with E-state index in [0.29, 0.717) is 23.1 Å². The van der Waals surface area contributed by atoms with Crippen LogP contribution in [-0.4, -0.2) is 24.5 Å². The molecule has 5 heteroatoms. The largest absolute Gasteiger partial charge is 0.490 e. The zero-order valence-electron chi connectivity index (χ0n) is 12.7. The fraction of sp³-hybridized carbons (Fsp3) is 0.111. The van der Waals surface area contributed by atoms with Crippen LogP contribution in [-0.2, 0) is 0 Å². The Morgan fingerprint density at radius 3 is 2.70 bits per heavy atom. The van der Waals surface area contributed by atoms with Gasteiger partial charge in [-0.15, -0.1) is 0 Å². The van der Waals surface area contributed by atoms with Gasteiger partial charge in [0, 0.05) is 12.6 Å². The summed E-state index contributed by atoms with van der Waals surface area (Å²) in [4.78, 5) is 18.7. The molecule has 0 N–H and O–H groups in total. The molecule has 0 aliphatic carbocycles. The Kier molecular flexibility index (Phi) is 4.39. The van der Waals surface area contributed by atoms with Crippen LogP contribution < -0.4 is 9.64 Å². The van der Waals surface area contributed by atoms with E-state index < -0.39 is 0 Å². The average Bonchev–Trinajstić information content (AvgIpc) is 3.03. The number of rotatable bonds is 5. The smallest absolute Gasteiger partial charge is 0.259 e. The number of anilines is 1. The fourth-order valence-electron chi connectivity index (χ4n) is 2.13. The van der Waals surface area contributed by atoms with Crippen molar-refractivity contribution in [3.63, 3.8) is 0 Å². The summed E-state index contributed by atoms with van der Waals surface area (Å²) in [7, 11) is 1.74. The predicted octanol–water partition coefficient (Wildman–Crippen LogP) is 4.14. The zero-order chi connectivity index (χ0) is 16.2. The molecule has 23 heavy (non-hydrogen) atoms. The Hall–Kier alpha value is -2.66. The van der Waals surface area contributed by atoms with Gasteiger partial charge in [-0.2, -0.15) is 0 Å². The fourth-order valence-corrected chi connectivity index (χ4v) is 3.06. The van der Waals surface area contributed by atoms with Crippen molar-refractivity contribution >= 4 is 32.6 Å². The third-order valence-corrected chi connectivity index (χ3v) is 4.46. The van der Waals surface area contributed by atoms with Crippen LogP contribution >= 0.6 is 11.3 Å². The average molecular weight is 324 g/mol. The van der Waals surface area contributed by atoms with Crippen molar-refractivity contribution in [1.82, 2.24) is 4.98 Å². The van der Waals surface area contributed by atoms with Crippen LogP contribution in [0.3, 0.4) is 0 Å². The van der Waals surface area contributed by atoms with Crippen molar-refractivity contribution in [2.45, 2.75) is 0 Å². The highest BCUT2D eigenvalue weighted by atomic mass is 32.1. The number of benzene rings is 2. The van der Waals surface area contributed by atoms with E-state index in [9.17, 15) is 4.79 Å². The van der Waals surface area contributed by atoms with Gasteiger partial charge in [-0.3, -0.25) is 9.69 Å². The minimum absolute atomic E-state index is 0.0978. The molecule has 3 rings (SSSR count). The molecule has 1 heterocycles. The second kappa shape index (κ2) is 6.62. The number of hydrogen-bond donors (Lipinski definition) is 0. The molecule has 3 aromatic rings. The molecular weight excluding hydrogens is 308 g/mol. The summed E-state index contributed by atoms with van der Waals surface area (Å²) in [5.74, 6) is 0.614. The van der Waals surface area contributed by atoms with Crippen molar-refractivity contribution in [1.29, 1.82) is 0 Å². The van der Waals surface area contributed by atoms with E-state index in [0.717, 1.165) is 10.2 Å². The van der Waals surface area contributed by atoms with Gasteiger partial charge in [0.1, 0.15) is 12.4 Å². The van der Waals surface area contributed by atoms with Gasteiger partial charge < -0.3 is 4.74 Å². The lowest BCUT2D eigenvalue weighted by Crippen LogP contribution is -2.25. The number of carbonyl (C=O) groups excluding carboxylic acids is 1. The van der Waals surface area contributed by atoms with E-state index in [2.05, 4.69) is 11.6 Å².